The van der Waals surface area contributed by atoms with Gasteiger partial charge in [0.2, 0.25) is 0 Å². The van der Waals surface area contributed by atoms with E-state index in [1.54, 1.807) is 23.2 Å². The minimum absolute atomic E-state index is 0.0729. The van der Waals surface area contributed by atoms with Gasteiger partial charge in [0, 0.05) is 38.7 Å². The van der Waals surface area contributed by atoms with E-state index in [2.05, 4.69) is 4.90 Å². The summed E-state index contributed by atoms with van der Waals surface area (Å²) in [4.78, 5) is 30.0. The number of amides is 1. The minimum atomic E-state index is -0.365. The molecule has 1 unspecified atom stereocenters. The summed E-state index contributed by atoms with van der Waals surface area (Å²) in [6.07, 6.45) is 1.96. The first kappa shape index (κ1) is 16.3. The van der Waals surface area contributed by atoms with E-state index < -0.39 is 0 Å². The van der Waals surface area contributed by atoms with Gasteiger partial charge in [-0.3, -0.25) is 14.6 Å². The Labute approximate surface area is 156 Å². The standard InChI is InChI=1S/C20H22N2O3S/c1-12(23)18-13(2)26-17-4-3-15(9-16(17)18)22-11-20(25-19(22)24)10-21-7-5-14(20)6-8-21/h3-4,9,14H,5-8,10-11H2,1-2H3. The summed E-state index contributed by atoms with van der Waals surface area (Å²) < 4.78 is 7.05. The van der Waals surface area contributed by atoms with Crippen molar-refractivity contribution in [2.45, 2.75) is 32.3 Å². The molecule has 136 valence electrons. The van der Waals surface area contributed by atoms with Crippen LogP contribution in [-0.4, -0.2) is 48.6 Å². The summed E-state index contributed by atoms with van der Waals surface area (Å²) in [6, 6.07) is 5.98. The largest absolute Gasteiger partial charge is 0.439 e. The molecular weight excluding hydrogens is 348 g/mol. The molecule has 6 heteroatoms. The van der Waals surface area contributed by atoms with E-state index in [1.165, 1.54) is 0 Å². The van der Waals surface area contributed by atoms with Gasteiger partial charge in [-0.15, -0.1) is 11.3 Å². The number of hydrogen-bond donors (Lipinski definition) is 0. The predicted molar refractivity (Wildman–Crippen MR) is 102 cm³/mol. The number of thiophene rings is 1. The van der Waals surface area contributed by atoms with Crippen LogP contribution in [0, 0.1) is 12.8 Å². The van der Waals surface area contributed by atoms with Gasteiger partial charge in [-0.2, -0.15) is 0 Å². The number of aryl methyl sites for hydroxylation is 1. The Balaban J connectivity index is 1.53. The van der Waals surface area contributed by atoms with E-state index in [1.807, 2.05) is 25.1 Å². The second-order valence-electron chi connectivity index (χ2n) is 7.84. The summed E-state index contributed by atoms with van der Waals surface area (Å²) in [6.45, 7) is 7.27. The van der Waals surface area contributed by atoms with Crippen molar-refractivity contribution in [3.63, 3.8) is 0 Å². The molecule has 0 radical (unpaired) electrons. The number of anilines is 1. The number of benzene rings is 1. The lowest BCUT2D eigenvalue weighted by atomic mass is 9.75. The Morgan fingerprint density at radius 3 is 2.69 bits per heavy atom. The highest BCUT2D eigenvalue weighted by molar-refractivity contribution is 7.19. The van der Waals surface area contributed by atoms with Gasteiger partial charge in [0.25, 0.3) is 0 Å². The fourth-order valence-electron chi connectivity index (χ4n) is 5.02. The number of carbonyl (C=O) groups excluding carboxylic acids is 2. The molecule has 5 heterocycles. The van der Waals surface area contributed by atoms with Crippen molar-refractivity contribution < 1.29 is 14.3 Å². The van der Waals surface area contributed by atoms with Gasteiger partial charge < -0.3 is 4.74 Å². The highest BCUT2D eigenvalue weighted by Gasteiger charge is 2.55. The smallest absolute Gasteiger partial charge is 0.415 e. The summed E-state index contributed by atoms with van der Waals surface area (Å²) in [5, 5.41) is 0.945. The fourth-order valence-corrected chi connectivity index (χ4v) is 6.12. The molecule has 4 aliphatic heterocycles. The molecule has 2 bridgehead atoms. The number of carbonyl (C=O) groups is 2. The highest BCUT2D eigenvalue weighted by Crippen LogP contribution is 2.44. The average Bonchev–Trinajstić information content (AvgIpc) is 3.11. The van der Waals surface area contributed by atoms with Crippen LogP contribution in [0.4, 0.5) is 10.5 Å². The summed E-state index contributed by atoms with van der Waals surface area (Å²) in [5.74, 6) is 0.533. The van der Waals surface area contributed by atoms with Crippen LogP contribution in [-0.2, 0) is 4.74 Å². The zero-order valence-corrected chi connectivity index (χ0v) is 15.9. The topological polar surface area (TPSA) is 49.9 Å². The number of hydrogen-bond acceptors (Lipinski definition) is 5. The third-order valence-corrected chi connectivity index (χ3v) is 7.36. The number of fused-ring (bicyclic) bond motifs is 3. The zero-order valence-electron chi connectivity index (χ0n) is 15.1. The van der Waals surface area contributed by atoms with Gasteiger partial charge in [0.05, 0.1) is 6.54 Å². The summed E-state index contributed by atoms with van der Waals surface area (Å²) in [5.41, 5.74) is 1.24. The number of piperidine rings is 3. The third-order valence-electron chi connectivity index (χ3n) is 6.27. The van der Waals surface area contributed by atoms with E-state index in [0.29, 0.717) is 12.5 Å². The minimum Gasteiger partial charge on any atom is -0.439 e. The number of Topliss-reactive ketones (excluding diaryl/α,β-unsaturated/α-hetero) is 1. The first-order valence-electron chi connectivity index (χ1n) is 9.24. The molecule has 1 atom stereocenters. The molecule has 5 nitrogen and oxygen atoms in total. The number of rotatable bonds is 2. The normalized spacial score (nSPS) is 30.4. The van der Waals surface area contributed by atoms with E-state index in [4.69, 9.17) is 4.74 Å². The predicted octanol–water partition coefficient (Wildman–Crippen LogP) is 3.83. The molecule has 4 aliphatic rings. The van der Waals surface area contributed by atoms with Crippen LogP contribution < -0.4 is 4.90 Å². The number of ketones is 1. The van der Waals surface area contributed by atoms with Gasteiger partial charge in [-0.25, -0.2) is 4.79 Å². The van der Waals surface area contributed by atoms with Gasteiger partial charge in [-0.1, -0.05) is 0 Å². The molecule has 4 fully saturated rings. The molecule has 26 heavy (non-hydrogen) atoms. The van der Waals surface area contributed by atoms with Crippen LogP contribution in [0.5, 0.6) is 0 Å². The quantitative estimate of drug-likeness (QED) is 0.754. The SMILES string of the molecule is CC(=O)c1c(C)sc2ccc(N3CC4(CN5CCC4CC5)OC3=O)cc12. The van der Waals surface area contributed by atoms with Crippen LogP contribution in [0.3, 0.4) is 0 Å². The van der Waals surface area contributed by atoms with Crippen molar-refractivity contribution in [1.82, 2.24) is 4.90 Å². The van der Waals surface area contributed by atoms with E-state index in [0.717, 1.165) is 58.7 Å². The zero-order chi connectivity index (χ0) is 18.1. The van der Waals surface area contributed by atoms with Crippen LogP contribution in [0.2, 0.25) is 0 Å². The van der Waals surface area contributed by atoms with E-state index in [-0.39, 0.29) is 17.5 Å². The Morgan fingerprint density at radius 2 is 2.04 bits per heavy atom. The maximum atomic E-state index is 12.7. The third kappa shape index (κ3) is 2.25. The van der Waals surface area contributed by atoms with Crippen molar-refractivity contribution in [3.05, 3.63) is 28.6 Å². The van der Waals surface area contributed by atoms with Crippen molar-refractivity contribution in [2.75, 3.05) is 31.1 Å². The molecular formula is C20H22N2O3S. The molecule has 0 saturated carbocycles. The second kappa shape index (κ2) is 5.54. The molecule has 1 amide bonds. The molecule has 4 saturated heterocycles. The molecule has 6 rings (SSSR count). The lowest BCUT2D eigenvalue weighted by molar-refractivity contribution is -0.0881. The molecule has 0 aliphatic carbocycles. The molecule has 1 aromatic heterocycles. The van der Waals surface area contributed by atoms with E-state index >= 15 is 0 Å². The van der Waals surface area contributed by atoms with Crippen LogP contribution in [0.1, 0.15) is 35.0 Å². The summed E-state index contributed by atoms with van der Waals surface area (Å²) in [7, 11) is 0. The molecule has 1 spiro atoms. The van der Waals surface area contributed by atoms with Crippen LogP contribution in [0.25, 0.3) is 10.1 Å². The Bertz CT molecular complexity index is 929. The van der Waals surface area contributed by atoms with Crippen molar-refractivity contribution in [3.8, 4) is 0 Å². The number of ether oxygens (including phenoxy) is 1. The Hall–Kier alpha value is -1.92. The first-order valence-corrected chi connectivity index (χ1v) is 10.1. The Morgan fingerprint density at radius 1 is 1.27 bits per heavy atom. The van der Waals surface area contributed by atoms with Gasteiger partial charge in [0.1, 0.15) is 5.60 Å². The first-order chi connectivity index (χ1) is 12.5. The maximum absolute atomic E-state index is 12.7. The monoisotopic (exact) mass is 370 g/mol. The lowest BCUT2D eigenvalue weighted by Crippen LogP contribution is -2.61. The highest BCUT2D eigenvalue weighted by atomic mass is 32.1. The fraction of sp³-hybridized carbons (Fsp3) is 0.500. The van der Waals surface area contributed by atoms with Crippen molar-refractivity contribution in [2.24, 2.45) is 5.92 Å². The average molecular weight is 370 g/mol. The molecule has 2 aromatic rings. The summed E-state index contributed by atoms with van der Waals surface area (Å²) >= 11 is 1.63. The number of nitrogens with zero attached hydrogens (tertiary/aromatic N) is 2. The van der Waals surface area contributed by atoms with Crippen LogP contribution >= 0.6 is 11.3 Å². The van der Waals surface area contributed by atoms with Crippen molar-refractivity contribution in [1.29, 1.82) is 0 Å². The lowest BCUT2D eigenvalue weighted by Gasteiger charge is -2.49. The van der Waals surface area contributed by atoms with Gasteiger partial charge in [-0.05, 0) is 58.0 Å². The van der Waals surface area contributed by atoms with Crippen molar-refractivity contribution >= 4 is 39.0 Å². The second-order valence-corrected chi connectivity index (χ2v) is 9.10. The molecule has 1 aromatic carbocycles. The van der Waals surface area contributed by atoms with Gasteiger partial charge >= 0.3 is 6.09 Å². The molecule has 0 N–H and O–H groups in total. The van der Waals surface area contributed by atoms with Gasteiger partial charge in [0.15, 0.2) is 5.78 Å². The van der Waals surface area contributed by atoms with Crippen LogP contribution in [0.15, 0.2) is 18.2 Å². The maximum Gasteiger partial charge on any atom is 0.415 e. The Kier molecular flexibility index (Phi) is 3.46. The van der Waals surface area contributed by atoms with E-state index in [9.17, 15) is 9.59 Å².